The van der Waals surface area contributed by atoms with Crippen LogP contribution in [0.3, 0.4) is 0 Å². The molecule has 7 heteroatoms. The third-order valence-corrected chi connectivity index (χ3v) is 5.63. The lowest BCUT2D eigenvalue weighted by molar-refractivity contribution is -0.274. The molecule has 0 aromatic heterocycles. The fourth-order valence-corrected chi connectivity index (χ4v) is 4.03. The number of benzene rings is 4. The first-order valence-corrected chi connectivity index (χ1v) is 11.1. The molecule has 1 N–H and O–H groups in total. The highest BCUT2D eigenvalue weighted by Gasteiger charge is 2.31. The van der Waals surface area contributed by atoms with Crippen LogP contribution in [0.5, 0.6) is 17.2 Å². The van der Waals surface area contributed by atoms with Gasteiger partial charge in [0.25, 0.3) is 0 Å². The molecular formula is C28H22F3NO3. The third kappa shape index (κ3) is 5.51. The van der Waals surface area contributed by atoms with Crippen molar-refractivity contribution >= 4 is 5.69 Å². The predicted molar refractivity (Wildman–Crippen MR) is 128 cm³/mol. The minimum absolute atomic E-state index is 0.113. The summed E-state index contributed by atoms with van der Waals surface area (Å²) >= 11 is 0. The molecular weight excluding hydrogens is 455 g/mol. The van der Waals surface area contributed by atoms with Crippen LogP contribution >= 0.6 is 0 Å². The van der Waals surface area contributed by atoms with E-state index >= 15 is 0 Å². The molecule has 5 rings (SSSR count). The maximum Gasteiger partial charge on any atom is 0.573 e. The molecule has 0 aliphatic carbocycles. The maximum atomic E-state index is 12.7. The monoisotopic (exact) mass is 477 g/mol. The minimum atomic E-state index is -4.75. The molecule has 178 valence electrons. The number of nitrogens with one attached hydrogen (secondary N) is 1. The number of rotatable bonds is 6. The van der Waals surface area contributed by atoms with Crippen molar-refractivity contribution in [1.82, 2.24) is 0 Å². The van der Waals surface area contributed by atoms with Gasteiger partial charge in [-0.05, 0) is 47.0 Å². The Labute approximate surface area is 200 Å². The maximum absolute atomic E-state index is 12.7. The number of ether oxygens (including phenoxy) is 3. The van der Waals surface area contributed by atoms with Gasteiger partial charge in [0.05, 0.1) is 11.7 Å². The normalized spacial score (nSPS) is 14.9. The topological polar surface area (TPSA) is 39.7 Å². The van der Waals surface area contributed by atoms with E-state index in [2.05, 4.69) is 10.1 Å². The summed E-state index contributed by atoms with van der Waals surface area (Å²) in [5.41, 5.74) is 4.10. The Balaban J connectivity index is 1.33. The number of fused-ring (bicyclic) bond motifs is 1. The molecule has 35 heavy (non-hydrogen) atoms. The second-order valence-electron chi connectivity index (χ2n) is 8.11. The van der Waals surface area contributed by atoms with Crippen molar-refractivity contribution in [2.45, 2.75) is 19.0 Å². The number of hydrogen-bond donors (Lipinski definition) is 1. The van der Waals surface area contributed by atoms with Crippen LogP contribution < -0.4 is 19.5 Å². The number of alkyl halides is 3. The van der Waals surface area contributed by atoms with Gasteiger partial charge in [0.2, 0.25) is 0 Å². The van der Waals surface area contributed by atoms with Gasteiger partial charge in [0.1, 0.15) is 30.5 Å². The van der Waals surface area contributed by atoms with Crippen molar-refractivity contribution < 1.29 is 27.4 Å². The Morgan fingerprint density at radius 1 is 0.829 bits per heavy atom. The van der Waals surface area contributed by atoms with Gasteiger partial charge in [-0.15, -0.1) is 13.2 Å². The van der Waals surface area contributed by atoms with E-state index in [9.17, 15) is 13.2 Å². The third-order valence-electron chi connectivity index (χ3n) is 5.63. The molecule has 0 saturated carbocycles. The smallest absolute Gasteiger partial charge is 0.489 e. The van der Waals surface area contributed by atoms with E-state index in [0.717, 1.165) is 22.6 Å². The lowest BCUT2D eigenvalue weighted by Gasteiger charge is -2.29. The SMILES string of the molecule is FC(F)(F)Oc1cccc(-c2cccc3c2OCC(c2cccc(OCc4ccccc4)c2)N3)c1. The molecule has 1 aliphatic heterocycles. The number of hydrogen-bond acceptors (Lipinski definition) is 4. The van der Waals surface area contributed by atoms with Gasteiger partial charge in [-0.3, -0.25) is 0 Å². The van der Waals surface area contributed by atoms with Gasteiger partial charge in [-0.25, -0.2) is 0 Å². The lowest BCUT2D eigenvalue weighted by atomic mass is 10.0. The Bertz CT molecular complexity index is 1310. The molecule has 4 aromatic rings. The second kappa shape index (κ2) is 9.62. The predicted octanol–water partition coefficient (Wildman–Crippen LogP) is 7.38. The zero-order chi connectivity index (χ0) is 24.3. The summed E-state index contributed by atoms with van der Waals surface area (Å²) in [6.07, 6.45) is -4.75. The number of halogens is 3. The van der Waals surface area contributed by atoms with Gasteiger partial charge in [0.15, 0.2) is 0 Å². The average molecular weight is 477 g/mol. The van der Waals surface area contributed by atoms with Crippen LogP contribution in [0.2, 0.25) is 0 Å². The van der Waals surface area contributed by atoms with E-state index in [-0.39, 0.29) is 11.8 Å². The van der Waals surface area contributed by atoms with Gasteiger partial charge in [-0.2, -0.15) is 0 Å². The highest BCUT2D eigenvalue weighted by atomic mass is 19.4. The largest absolute Gasteiger partial charge is 0.573 e. The van der Waals surface area contributed by atoms with Gasteiger partial charge < -0.3 is 19.5 Å². The van der Waals surface area contributed by atoms with E-state index in [4.69, 9.17) is 9.47 Å². The fourth-order valence-electron chi connectivity index (χ4n) is 4.03. The quantitative estimate of drug-likeness (QED) is 0.315. The molecule has 0 spiro atoms. The Hall–Kier alpha value is -4.13. The highest BCUT2D eigenvalue weighted by Crippen LogP contribution is 2.42. The minimum Gasteiger partial charge on any atom is -0.489 e. The van der Waals surface area contributed by atoms with Crippen molar-refractivity contribution in [3.63, 3.8) is 0 Å². The molecule has 4 aromatic carbocycles. The average Bonchev–Trinajstić information content (AvgIpc) is 2.87. The zero-order valence-electron chi connectivity index (χ0n) is 18.6. The summed E-state index contributed by atoms with van der Waals surface area (Å²) < 4.78 is 54.1. The zero-order valence-corrected chi connectivity index (χ0v) is 18.6. The lowest BCUT2D eigenvalue weighted by Crippen LogP contribution is -2.24. The van der Waals surface area contributed by atoms with E-state index in [0.29, 0.717) is 30.1 Å². The summed E-state index contributed by atoms with van der Waals surface area (Å²) in [6, 6.07) is 29.1. The molecule has 0 bridgehead atoms. The van der Waals surface area contributed by atoms with Crippen molar-refractivity contribution in [1.29, 1.82) is 0 Å². The second-order valence-corrected chi connectivity index (χ2v) is 8.11. The van der Waals surface area contributed by atoms with Crippen LogP contribution in [-0.4, -0.2) is 13.0 Å². The number of para-hydroxylation sites is 1. The number of anilines is 1. The molecule has 0 radical (unpaired) electrons. The molecule has 0 fully saturated rings. The molecule has 0 saturated heterocycles. The Morgan fingerprint density at radius 2 is 1.60 bits per heavy atom. The van der Waals surface area contributed by atoms with Gasteiger partial charge in [0, 0.05) is 5.56 Å². The summed E-state index contributed by atoms with van der Waals surface area (Å²) in [5.74, 6) is 1.07. The van der Waals surface area contributed by atoms with Crippen molar-refractivity contribution in [2.24, 2.45) is 0 Å². The Morgan fingerprint density at radius 3 is 2.43 bits per heavy atom. The Kier molecular flexibility index (Phi) is 6.23. The van der Waals surface area contributed by atoms with Crippen LogP contribution in [-0.2, 0) is 6.61 Å². The van der Waals surface area contributed by atoms with Gasteiger partial charge in [-0.1, -0.05) is 66.7 Å². The molecule has 1 aliphatic rings. The van der Waals surface area contributed by atoms with E-state index in [1.165, 1.54) is 18.2 Å². The summed E-state index contributed by atoms with van der Waals surface area (Å²) in [4.78, 5) is 0. The van der Waals surface area contributed by atoms with Crippen molar-refractivity contribution in [3.05, 3.63) is 108 Å². The van der Waals surface area contributed by atoms with E-state index in [1.807, 2.05) is 72.8 Å². The standard InChI is InChI=1S/C28H22F3NO3/c29-28(30,31)35-23-12-4-9-20(15-23)24-13-6-14-25-27(24)34-18-26(32-25)21-10-5-11-22(16-21)33-17-19-7-2-1-3-8-19/h1-16,26,32H,17-18H2. The van der Waals surface area contributed by atoms with Crippen LogP contribution in [0.25, 0.3) is 11.1 Å². The summed E-state index contributed by atoms with van der Waals surface area (Å²) in [5, 5.41) is 3.49. The molecule has 1 heterocycles. The molecule has 1 unspecified atom stereocenters. The summed E-state index contributed by atoms with van der Waals surface area (Å²) in [7, 11) is 0. The fraction of sp³-hybridized carbons (Fsp3) is 0.143. The molecule has 1 atom stereocenters. The van der Waals surface area contributed by atoms with Crippen LogP contribution in [0, 0.1) is 0 Å². The van der Waals surface area contributed by atoms with Crippen LogP contribution in [0.1, 0.15) is 17.2 Å². The van der Waals surface area contributed by atoms with Crippen molar-refractivity contribution in [3.8, 4) is 28.4 Å². The van der Waals surface area contributed by atoms with Crippen molar-refractivity contribution in [2.75, 3.05) is 11.9 Å². The highest BCUT2D eigenvalue weighted by molar-refractivity contribution is 5.79. The van der Waals surface area contributed by atoms with E-state index in [1.54, 1.807) is 6.07 Å². The first-order chi connectivity index (χ1) is 16.9. The van der Waals surface area contributed by atoms with Crippen LogP contribution in [0.4, 0.5) is 18.9 Å². The van der Waals surface area contributed by atoms with Crippen LogP contribution in [0.15, 0.2) is 97.1 Å². The first-order valence-electron chi connectivity index (χ1n) is 11.1. The van der Waals surface area contributed by atoms with Gasteiger partial charge >= 0.3 is 6.36 Å². The molecule has 4 nitrogen and oxygen atoms in total. The summed E-state index contributed by atoms with van der Waals surface area (Å²) in [6.45, 7) is 0.826. The van der Waals surface area contributed by atoms with E-state index < -0.39 is 6.36 Å². The first kappa shape index (κ1) is 22.7. The molecule has 0 amide bonds.